The molecular weight excluding hydrogens is 363 g/mol. The van der Waals surface area contributed by atoms with Gasteiger partial charge >= 0.3 is 0 Å². The van der Waals surface area contributed by atoms with Gasteiger partial charge in [-0.3, -0.25) is 4.79 Å². The first-order valence-corrected chi connectivity index (χ1v) is 8.75. The summed E-state index contributed by atoms with van der Waals surface area (Å²) >= 11 is 0. The highest BCUT2D eigenvalue weighted by atomic mass is 19.1. The van der Waals surface area contributed by atoms with Crippen molar-refractivity contribution in [1.29, 1.82) is 0 Å². The molecule has 1 heterocycles. The van der Waals surface area contributed by atoms with Gasteiger partial charge in [0.2, 0.25) is 0 Å². The molecule has 0 aliphatic carbocycles. The van der Waals surface area contributed by atoms with E-state index in [9.17, 15) is 9.18 Å². The average Bonchev–Trinajstić information content (AvgIpc) is 3.09. The monoisotopic (exact) mass is 384 g/mol. The summed E-state index contributed by atoms with van der Waals surface area (Å²) < 4.78 is 29.7. The number of benzene rings is 2. The fourth-order valence-electron chi connectivity index (χ4n) is 2.92. The molecule has 0 atom stereocenters. The zero-order valence-electron chi connectivity index (χ0n) is 15.9. The van der Waals surface area contributed by atoms with E-state index < -0.39 is 5.82 Å². The SMILES string of the molecule is COc1ccc(CCNC(=O)c2c(-c3ccccc3F)noc2C)cc1OC. The van der Waals surface area contributed by atoms with Gasteiger partial charge < -0.3 is 19.3 Å². The molecule has 1 aromatic heterocycles. The van der Waals surface area contributed by atoms with Crippen molar-refractivity contribution in [3.8, 4) is 22.8 Å². The van der Waals surface area contributed by atoms with Crippen LogP contribution in [0, 0.1) is 12.7 Å². The third kappa shape index (κ3) is 3.98. The van der Waals surface area contributed by atoms with Crippen molar-refractivity contribution < 1.29 is 23.2 Å². The van der Waals surface area contributed by atoms with Crippen molar-refractivity contribution in [1.82, 2.24) is 10.5 Å². The highest BCUT2D eigenvalue weighted by Crippen LogP contribution is 2.28. The van der Waals surface area contributed by atoms with E-state index >= 15 is 0 Å². The largest absolute Gasteiger partial charge is 0.493 e. The maximum atomic E-state index is 14.1. The number of carbonyl (C=O) groups excluding carboxylic acids is 1. The molecule has 2 aromatic carbocycles. The number of halogens is 1. The molecule has 7 heteroatoms. The maximum absolute atomic E-state index is 14.1. The van der Waals surface area contributed by atoms with Crippen LogP contribution in [0.25, 0.3) is 11.3 Å². The number of carbonyl (C=O) groups is 1. The Morgan fingerprint density at radius 2 is 1.89 bits per heavy atom. The molecule has 1 amide bonds. The number of methoxy groups -OCH3 is 2. The molecule has 1 N–H and O–H groups in total. The van der Waals surface area contributed by atoms with Gasteiger partial charge in [-0.1, -0.05) is 23.4 Å². The van der Waals surface area contributed by atoms with Crippen molar-refractivity contribution in [3.63, 3.8) is 0 Å². The first-order chi connectivity index (χ1) is 13.5. The molecule has 0 saturated carbocycles. The van der Waals surface area contributed by atoms with E-state index in [1.54, 1.807) is 39.3 Å². The van der Waals surface area contributed by atoms with Gasteiger partial charge in [-0.15, -0.1) is 0 Å². The third-order valence-corrected chi connectivity index (χ3v) is 4.37. The highest BCUT2D eigenvalue weighted by molar-refractivity contribution is 6.00. The lowest BCUT2D eigenvalue weighted by molar-refractivity contribution is 0.0953. The van der Waals surface area contributed by atoms with E-state index in [2.05, 4.69) is 10.5 Å². The number of amides is 1. The van der Waals surface area contributed by atoms with Crippen LogP contribution >= 0.6 is 0 Å². The zero-order chi connectivity index (χ0) is 20.1. The summed E-state index contributed by atoms with van der Waals surface area (Å²) in [5, 5.41) is 6.71. The predicted molar refractivity (Wildman–Crippen MR) is 102 cm³/mol. The Morgan fingerprint density at radius 3 is 2.61 bits per heavy atom. The van der Waals surface area contributed by atoms with Gasteiger partial charge in [0.15, 0.2) is 11.5 Å². The topological polar surface area (TPSA) is 73.6 Å². The second-order valence-electron chi connectivity index (χ2n) is 6.14. The molecule has 0 radical (unpaired) electrons. The minimum atomic E-state index is -0.463. The molecule has 3 rings (SSSR count). The number of hydrogen-bond acceptors (Lipinski definition) is 5. The lowest BCUT2D eigenvalue weighted by atomic mass is 10.0. The van der Waals surface area contributed by atoms with Crippen molar-refractivity contribution in [2.45, 2.75) is 13.3 Å². The summed E-state index contributed by atoms with van der Waals surface area (Å²) in [4.78, 5) is 12.7. The summed E-state index contributed by atoms with van der Waals surface area (Å²) in [5.74, 6) is 0.780. The molecule has 0 fully saturated rings. The second kappa shape index (κ2) is 8.56. The normalized spacial score (nSPS) is 10.6. The molecule has 0 aliphatic rings. The molecule has 0 saturated heterocycles. The van der Waals surface area contributed by atoms with Crippen LogP contribution in [0.3, 0.4) is 0 Å². The summed E-state index contributed by atoms with van der Waals surface area (Å²) in [6.45, 7) is 2.01. The Hall–Kier alpha value is -3.35. The van der Waals surface area contributed by atoms with E-state index in [4.69, 9.17) is 14.0 Å². The standard InChI is InChI=1S/C21H21FN2O4/c1-13-19(20(24-28-13)15-6-4-5-7-16(15)22)21(25)23-11-10-14-8-9-17(26-2)18(12-14)27-3/h4-9,12H,10-11H2,1-3H3,(H,23,25). The highest BCUT2D eigenvalue weighted by Gasteiger charge is 2.23. The predicted octanol–water partition coefficient (Wildman–Crippen LogP) is 3.78. The molecule has 0 spiro atoms. The Balaban J connectivity index is 1.71. The Labute approximate surface area is 162 Å². The molecular formula is C21H21FN2O4. The second-order valence-corrected chi connectivity index (χ2v) is 6.14. The summed E-state index contributed by atoms with van der Waals surface area (Å²) in [6, 6.07) is 11.7. The van der Waals surface area contributed by atoms with Crippen LogP contribution in [-0.4, -0.2) is 31.8 Å². The van der Waals surface area contributed by atoms with Gasteiger partial charge in [-0.25, -0.2) is 4.39 Å². The summed E-state index contributed by atoms with van der Waals surface area (Å²) in [5.41, 5.74) is 1.63. The van der Waals surface area contributed by atoms with Gasteiger partial charge in [-0.2, -0.15) is 0 Å². The molecule has 3 aromatic rings. The van der Waals surface area contributed by atoms with Crippen molar-refractivity contribution in [3.05, 3.63) is 65.2 Å². The van der Waals surface area contributed by atoms with E-state index in [0.717, 1.165) is 5.56 Å². The van der Waals surface area contributed by atoms with Crippen LogP contribution in [-0.2, 0) is 6.42 Å². The zero-order valence-corrected chi connectivity index (χ0v) is 15.9. The fraction of sp³-hybridized carbons (Fsp3) is 0.238. The van der Waals surface area contributed by atoms with E-state index in [0.29, 0.717) is 30.2 Å². The van der Waals surface area contributed by atoms with E-state index in [1.165, 1.54) is 6.07 Å². The Morgan fingerprint density at radius 1 is 1.14 bits per heavy atom. The minimum Gasteiger partial charge on any atom is -0.493 e. The average molecular weight is 384 g/mol. The van der Waals surface area contributed by atoms with Gasteiger partial charge in [0.05, 0.1) is 14.2 Å². The minimum absolute atomic E-state index is 0.194. The number of aryl methyl sites for hydroxylation is 1. The van der Waals surface area contributed by atoms with Crippen LogP contribution in [0.1, 0.15) is 21.7 Å². The first kappa shape index (κ1) is 19.4. The molecule has 0 bridgehead atoms. The smallest absolute Gasteiger partial charge is 0.257 e. The van der Waals surface area contributed by atoms with Crippen molar-refractivity contribution in [2.75, 3.05) is 20.8 Å². The van der Waals surface area contributed by atoms with Gasteiger partial charge in [0.25, 0.3) is 5.91 Å². The first-order valence-electron chi connectivity index (χ1n) is 8.75. The molecule has 146 valence electrons. The van der Waals surface area contributed by atoms with Gasteiger partial charge in [0, 0.05) is 12.1 Å². The van der Waals surface area contributed by atoms with Crippen LogP contribution in [0.15, 0.2) is 47.0 Å². The van der Waals surface area contributed by atoms with Gasteiger partial charge in [0.1, 0.15) is 22.8 Å². The Kier molecular flexibility index (Phi) is 5.93. The van der Waals surface area contributed by atoms with Crippen LogP contribution in [0.2, 0.25) is 0 Å². The van der Waals surface area contributed by atoms with Crippen LogP contribution < -0.4 is 14.8 Å². The number of hydrogen-bond donors (Lipinski definition) is 1. The summed E-state index contributed by atoms with van der Waals surface area (Å²) in [7, 11) is 3.15. The lowest BCUT2D eigenvalue weighted by Gasteiger charge is -2.10. The fourth-order valence-corrected chi connectivity index (χ4v) is 2.92. The maximum Gasteiger partial charge on any atom is 0.257 e. The molecule has 0 aliphatic heterocycles. The quantitative estimate of drug-likeness (QED) is 0.671. The lowest BCUT2D eigenvalue weighted by Crippen LogP contribution is -2.26. The van der Waals surface area contributed by atoms with Crippen molar-refractivity contribution in [2.24, 2.45) is 0 Å². The van der Waals surface area contributed by atoms with Gasteiger partial charge in [-0.05, 0) is 43.2 Å². The number of rotatable bonds is 7. The van der Waals surface area contributed by atoms with E-state index in [-0.39, 0.29) is 22.7 Å². The van der Waals surface area contributed by atoms with E-state index in [1.807, 2.05) is 18.2 Å². The third-order valence-electron chi connectivity index (χ3n) is 4.37. The number of aromatic nitrogens is 1. The molecule has 0 unspecified atom stereocenters. The van der Waals surface area contributed by atoms with Crippen molar-refractivity contribution >= 4 is 5.91 Å². The molecule has 6 nitrogen and oxygen atoms in total. The van der Waals surface area contributed by atoms with Crippen LogP contribution in [0.5, 0.6) is 11.5 Å². The number of ether oxygens (including phenoxy) is 2. The Bertz CT molecular complexity index is 984. The molecule has 28 heavy (non-hydrogen) atoms. The summed E-state index contributed by atoms with van der Waals surface area (Å²) in [6.07, 6.45) is 0.589. The van der Waals surface area contributed by atoms with Crippen LogP contribution in [0.4, 0.5) is 4.39 Å². The number of nitrogens with zero attached hydrogens (tertiary/aromatic N) is 1. The number of nitrogens with one attached hydrogen (secondary N) is 1.